The van der Waals surface area contributed by atoms with Crippen molar-refractivity contribution in [1.82, 2.24) is 4.98 Å². The van der Waals surface area contributed by atoms with E-state index in [0.717, 1.165) is 10.0 Å². The zero-order valence-electron chi connectivity index (χ0n) is 16.6. The van der Waals surface area contributed by atoms with Crippen LogP contribution in [0.4, 0.5) is 0 Å². The number of carboxylic acids is 1. The average molecular weight is 424 g/mol. The van der Waals surface area contributed by atoms with Crippen LogP contribution in [0, 0.1) is 0 Å². The van der Waals surface area contributed by atoms with E-state index in [-0.39, 0.29) is 11.5 Å². The van der Waals surface area contributed by atoms with E-state index in [9.17, 15) is 9.59 Å². The van der Waals surface area contributed by atoms with Crippen LogP contribution in [0.1, 0.15) is 50.7 Å². The fourth-order valence-electron chi connectivity index (χ4n) is 2.08. The first-order valence-corrected chi connectivity index (χ1v) is 10.5. The molecule has 8 heteroatoms. The number of aromatic nitrogens is 1. The Balaban J connectivity index is 1.86. The Bertz CT molecular complexity index is 822. The van der Waals surface area contributed by atoms with Crippen LogP contribution in [0.2, 0.25) is 0 Å². The minimum atomic E-state index is -0.964. The minimum Gasteiger partial charge on any atom is -0.493 e. The second-order valence-corrected chi connectivity index (χ2v) is 10.4. The quantitative estimate of drug-likeness (QED) is 0.487. The Kier molecular flexibility index (Phi) is 7.11. The standard InChI is InChI=1S/C20H25NO5S2/c1-19(2,3)26-17(24)20(4,5)28-18-21-14(12-27-18)10-11-25-15-8-6-13(7-9-15)16(22)23/h6-9,12H,10-11H2,1-5H3,(H,22,23). The maximum atomic E-state index is 12.4. The number of ether oxygens (including phenoxy) is 2. The summed E-state index contributed by atoms with van der Waals surface area (Å²) in [6, 6.07) is 6.28. The first-order chi connectivity index (χ1) is 13.0. The number of rotatable bonds is 8. The van der Waals surface area contributed by atoms with Crippen LogP contribution in [0.5, 0.6) is 5.75 Å². The molecule has 2 rings (SSSR count). The predicted octanol–water partition coefficient (Wildman–Crippen LogP) is 4.68. The van der Waals surface area contributed by atoms with Gasteiger partial charge in [-0.15, -0.1) is 11.3 Å². The number of thiazole rings is 1. The molecule has 2 aromatic rings. The lowest BCUT2D eigenvalue weighted by Crippen LogP contribution is -2.36. The van der Waals surface area contributed by atoms with E-state index in [0.29, 0.717) is 18.8 Å². The predicted molar refractivity (Wildman–Crippen MR) is 110 cm³/mol. The van der Waals surface area contributed by atoms with E-state index in [2.05, 4.69) is 4.98 Å². The fourth-order valence-corrected chi connectivity index (χ4v) is 4.34. The van der Waals surface area contributed by atoms with Crippen molar-refractivity contribution in [3.63, 3.8) is 0 Å². The Labute approximate surface area is 173 Å². The summed E-state index contributed by atoms with van der Waals surface area (Å²) in [7, 11) is 0. The van der Waals surface area contributed by atoms with Crippen LogP contribution in [0.25, 0.3) is 0 Å². The number of carboxylic acid groups (broad SMARTS) is 1. The molecule has 152 valence electrons. The molecule has 28 heavy (non-hydrogen) atoms. The normalized spacial score (nSPS) is 11.9. The summed E-state index contributed by atoms with van der Waals surface area (Å²) in [6.45, 7) is 9.64. The lowest BCUT2D eigenvalue weighted by atomic mass is 10.1. The maximum absolute atomic E-state index is 12.4. The van der Waals surface area contributed by atoms with Crippen molar-refractivity contribution in [2.24, 2.45) is 0 Å². The van der Waals surface area contributed by atoms with Crippen molar-refractivity contribution >= 4 is 35.0 Å². The number of hydrogen-bond acceptors (Lipinski definition) is 7. The van der Waals surface area contributed by atoms with E-state index in [1.165, 1.54) is 35.2 Å². The van der Waals surface area contributed by atoms with Crippen LogP contribution in [0.3, 0.4) is 0 Å². The average Bonchev–Trinajstić information content (AvgIpc) is 3.00. The number of benzene rings is 1. The van der Waals surface area contributed by atoms with Gasteiger partial charge in [0.2, 0.25) is 0 Å². The number of thioether (sulfide) groups is 1. The highest BCUT2D eigenvalue weighted by Crippen LogP contribution is 2.36. The molecule has 0 unspecified atom stereocenters. The summed E-state index contributed by atoms with van der Waals surface area (Å²) in [4.78, 5) is 27.8. The van der Waals surface area contributed by atoms with Crippen molar-refractivity contribution in [3.8, 4) is 5.75 Å². The number of carbonyl (C=O) groups excluding carboxylic acids is 1. The smallest absolute Gasteiger partial charge is 0.335 e. The number of aromatic carboxylic acids is 1. The summed E-state index contributed by atoms with van der Waals surface area (Å²) < 4.78 is 11.2. The molecule has 0 bridgehead atoms. The molecule has 0 aliphatic heterocycles. The third-order valence-electron chi connectivity index (χ3n) is 3.49. The molecular weight excluding hydrogens is 398 g/mol. The Morgan fingerprint density at radius 1 is 1.14 bits per heavy atom. The van der Waals surface area contributed by atoms with Crippen molar-refractivity contribution in [2.45, 2.75) is 55.7 Å². The van der Waals surface area contributed by atoms with Crippen LogP contribution >= 0.6 is 23.1 Å². The summed E-state index contributed by atoms with van der Waals surface area (Å²) in [6.07, 6.45) is 0.616. The molecule has 0 saturated heterocycles. The van der Waals surface area contributed by atoms with Gasteiger partial charge in [-0.1, -0.05) is 11.8 Å². The third-order valence-corrected chi connectivity index (χ3v) is 5.66. The fraction of sp³-hybridized carbons (Fsp3) is 0.450. The van der Waals surface area contributed by atoms with Gasteiger partial charge in [-0.25, -0.2) is 9.78 Å². The lowest BCUT2D eigenvalue weighted by Gasteiger charge is -2.27. The minimum absolute atomic E-state index is 0.223. The molecular formula is C20H25NO5S2. The van der Waals surface area contributed by atoms with Crippen molar-refractivity contribution in [2.75, 3.05) is 6.61 Å². The third kappa shape index (κ3) is 6.83. The van der Waals surface area contributed by atoms with Gasteiger partial charge in [-0.2, -0.15) is 0 Å². The van der Waals surface area contributed by atoms with Gasteiger partial charge in [0.1, 0.15) is 16.1 Å². The second kappa shape index (κ2) is 8.96. The molecule has 6 nitrogen and oxygen atoms in total. The van der Waals surface area contributed by atoms with Gasteiger partial charge in [0, 0.05) is 11.8 Å². The number of carbonyl (C=O) groups is 2. The highest BCUT2D eigenvalue weighted by molar-refractivity contribution is 8.03. The van der Waals surface area contributed by atoms with Gasteiger partial charge in [0.15, 0.2) is 4.34 Å². The molecule has 1 aromatic heterocycles. The number of esters is 1. The van der Waals surface area contributed by atoms with Crippen LogP contribution in [0.15, 0.2) is 34.0 Å². The van der Waals surface area contributed by atoms with Crippen molar-refractivity contribution in [3.05, 3.63) is 40.9 Å². The molecule has 0 amide bonds. The van der Waals surface area contributed by atoms with Crippen molar-refractivity contribution in [1.29, 1.82) is 0 Å². The van der Waals surface area contributed by atoms with Crippen LogP contribution < -0.4 is 4.74 Å². The SMILES string of the molecule is CC(C)(C)OC(=O)C(C)(C)Sc1nc(CCOc2ccc(C(=O)O)cc2)cs1. The second-order valence-electron chi connectivity index (χ2n) is 7.65. The van der Waals surface area contributed by atoms with Gasteiger partial charge in [0.25, 0.3) is 0 Å². The molecule has 0 aliphatic carbocycles. The number of hydrogen-bond donors (Lipinski definition) is 1. The zero-order valence-corrected chi connectivity index (χ0v) is 18.3. The molecule has 0 radical (unpaired) electrons. The monoisotopic (exact) mass is 423 g/mol. The molecule has 0 aliphatic rings. The Hall–Kier alpha value is -2.06. The lowest BCUT2D eigenvalue weighted by molar-refractivity contribution is -0.156. The van der Waals surface area contributed by atoms with Gasteiger partial charge in [0.05, 0.1) is 17.9 Å². The Morgan fingerprint density at radius 2 is 1.79 bits per heavy atom. The number of nitrogens with zero attached hydrogens (tertiary/aromatic N) is 1. The van der Waals surface area contributed by atoms with E-state index in [1.807, 2.05) is 40.0 Å². The molecule has 1 heterocycles. The first kappa shape index (κ1) is 22.2. The highest BCUT2D eigenvalue weighted by Gasteiger charge is 2.34. The first-order valence-electron chi connectivity index (χ1n) is 8.79. The van der Waals surface area contributed by atoms with Gasteiger partial charge >= 0.3 is 11.9 Å². The van der Waals surface area contributed by atoms with E-state index >= 15 is 0 Å². The molecule has 0 fully saturated rings. The van der Waals surface area contributed by atoms with Crippen LogP contribution in [-0.2, 0) is 16.0 Å². The van der Waals surface area contributed by atoms with E-state index < -0.39 is 16.3 Å². The summed E-state index contributed by atoms with van der Waals surface area (Å²) in [5.74, 6) is -0.621. The molecule has 0 saturated carbocycles. The van der Waals surface area contributed by atoms with E-state index in [4.69, 9.17) is 14.6 Å². The summed E-state index contributed by atoms with van der Waals surface area (Å²) >= 11 is 2.87. The van der Waals surface area contributed by atoms with Gasteiger partial charge in [-0.3, -0.25) is 4.79 Å². The Morgan fingerprint density at radius 3 is 2.36 bits per heavy atom. The summed E-state index contributed by atoms with van der Waals surface area (Å²) in [5, 5.41) is 10.8. The molecule has 0 spiro atoms. The molecule has 1 N–H and O–H groups in total. The van der Waals surface area contributed by atoms with Gasteiger partial charge in [-0.05, 0) is 58.9 Å². The van der Waals surface area contributed by atoms with Gasteiger partial charge < -0.3 is 14.6 Å². The van der Waals surface area contributed by atoms with Crippen molar-refractivity contribution < 1.29 is 24.2 Å². The van der Waals surface area contributed by atoms with E-state index in [1.54, 1.807) is 12.1 Å². The largest absolute Gasteiger partial charge is 0.493 e. The van der Waals surface area contributed by atoms with Crippen LogP contribution in [-0.4, -0.2) is 39.0 Å². The maximum Gasteiger partial charge on any atom is 0.335 e. The summed E-state index contributed by atoms with van der Waals surface area (Å²) in [5.41, 5.74) is 0.582. The topological polar surface area (TPSA) is 85.7 Å². The molecule has 1 aromatic carbocycles. The molecule has 0 atom stereocenters. The highest BCUT2D eigenvalue weighted by atomic mass is 32.2. The zero-order chi connectivity index (χ0) is 20.9.